The second kappa shape index (κ2) is 12.2. The lowest BCUT2D eigenvalue weighted by Crippen LogP contribution is -2.69. The minimum Gasteiger partial charge on any atom is -0.481 e. The minimum atomic E-state index is -0.627. The number of carboxylic acids is 1. The van der Waals surface area contributed by atoms with Gasteiger partial charge in [-0.05, 0) is 90.8 Å². The fraction of sp³-hybridized carbons (Fsp3) is 0.810. The minimum absolute atomic E-state index is 0.129. The third-order valence-corrected chi connectivity index (χ3v) is 17.0. The Morgan fingerprint density at radius 2 is 1.85 bits per heavy atom. The van der Waals surface area contributed by atoms with Gasteiger partial charge in [-0.1, -0.05) is 80.9 Å². The number of nitrogens with two attached hydrogens (primary N) is 1. The molecule has 3 heterocycles. The first-order valence-corrected chi connectivity index (χ1v) is 20.0. The molecule has 10 heteroatoms. The van der Waals surface area contributed by atoms with Crippen LogP contribution in [0.15, 0.2) is 30.5 Å². The Morgan fingerprint density at radius 1 is 1.12 bits per heavy atom. The predicted molar refractivity (Wildman–Crippen MR) is 202 cm³/mol. The van der Waals surface area contributed by atoms with Crippen LogP contribution in [-0.2, 0) is 14.3 Å². The van der Waals surface area contributed by atoms with Gasteiger partial charge in [0.1, 0.15) is 12.0 Å². The standard InChI is InChI=1S/C42H66N6O4/c1-25(2)26(3)37(7)16-17-39(9)27-12-13-31-38(8)20-51-22-42(31,28(27)14-15-40(39,10)32(37)35(49)50)18-30(33(38)52-21-41(11,43)36(4,5)6)48-34(46-24-47-48)29-19-44-23-45-29/h14,19,23-27,30-33H,12-13,15-18,20-22,43H2,1-11H3,(H,44,45)(H,49,50)/t26-,27+,30-,31+,32-,33+,37-,38-,39-,40+,41+,42+/m1/s1. The molecular formula is C42H66N6O4. The summed E-state index contributed by atoms with van der Waals surface area (Å²) in [4.78, 5) is 25.9. The van der Waals surface area contributed by atoms with Gasteiger partial charge in [-0.15, -0.1) is 0 Å². The van der Waals surface area contributed by atoms with Crippen molar-refractivity contribution in [1.82, 2.24) is 24.7 Å². The van der Waals surface area contributed by atoms with E-state index in [-0.39, 0.29) is 50.6 Å². The predicted octanol–water partition coefficient (Wildman–Crippen LogP) is 7.95. The molecule has 4 fully saturated rings. The lowest BCUT2D eigenvalue weighted by Gasteiger charge is -2.71. The van der Waals surface area contributed by atoms with Gasteiger partial charge in [0.2, 0.25) is 0 Å². The Labute approximate surface area is 311 Å². The van der Waals surface area contributed by atoms with Crippen LogP contribution < -0.4 is 5.73 Å². The van der Waals surface area contributed by atoms with E-state index in [4.69, 9.17) is 25.3 Å². The fourth-order valence-corrected chi connectivity index (χ4v) is 12.7. The summed E-state index contributed by atoms with van der Waals surface area (Å²) in [5.74, 6) is 1.04. The Kier molecular flexibility index (Phi) is 8.87. The van der Waals surface area contributed by atoms with Gasteiger partial charge in [-0.25, -0.2) is 14.6 Å². The lowest BCUT2D eigenvalue weighted by molar-refractivity contribution is -0.253. The van der Waals surface area contributed by atoms with Crippen LogP contribution >= 0.6 is 0 Å². The van der Waals surface area contributed by atoms with Crippen molar-refractivity contribution in [1.29, 1.82) is 0 Å². The molecule has 0 spiro atoms. The Hall–Kier alpha value is -2.56. The van der Waals surface area contributed by atoms with Crippen molar-refractivity contribution in [2.24, 2.45) is 67.8 Å². The van der Waals surface area contributed by atoms with E-state index in [9.17, 15) is 9.90 Å². The first-order chi connectivity index (χ1) is 24.2. The molecule has 7 rings (SSSR count). The number of aromatic nitrogens is 5. The fourth-order valence-electron chi connectivity index (χ4n) is 12.7. The zero-order chi connectivity index (χ0) is 37.9. The molecular weight excluding hydrogens is 653 g/mol. The molecule has 3 saturated carbocycles. The molecule has 0 amide bonds. The van der Waals surface area contributed by atoms with Crippen molar-refractivity contribution >= 4 is 5.97 Å². The molecule has 5 aliphatic rings. The summed E-state index contributed by atoms with van der Waals surface area (Å²) in [5, 5.41) is 16.0. The molecule has 12 atom stereocenters. The lowest BCUT2D eigenvalue weighted by atomic mass is 9.34. The number of imidazole rings is 1. The molecule has 0 radical (unpaired) electrons. The molecule has 10 nitrogen and oxygen atoms in total. The van der Waals surface area contributed by atoms with E-state index >= 15 is 0 Å². The Morgan fingerprint density at radius 3 is 2.48 bits per heavy atom. The topological polar surface area (TPSA) is 141 Å². The van der Waals surface area contributed by atoms with Gasteiger partial charge in [0, 0.05) is 16.4 Å². The molecule has 2 aromatic rings. The average molecular weight is 719 g/mol. The summed E-state index contributed by atoms with van der Waals surface area (Å²) < 4.78 is 16.0. The van der Waals surface area contributed by atoms with Crippen molar-refractivity contribution in [2.75, 3.05) is 19.8 Å². The maximum atomic E-state index is 13.5. The first-order valence-electron chi connectivity index (χ1n) is 20.0. The summed E-state index contributed by atoms with van der Waals surface area (Å²) in [5.41, 5.74) is 7.24. The number of allylic oxidation sites excluding steroid dienone is 1. The van der Waals surface area contributed by atoms with E-state index in [2.05, 4.69) is 96.9 Å². The van der Waals surface area contributed by atoms with E-state index in [1.54, 1.807) is 18.9 Å². The first kappa shape index (κ1) is 37.7. The highest BCUT2D eigenvalue weighted by Crippen LogP contribution is 2.75. The Balaban J connectivity index is 1.35. The number of carboxylic acid groups (broad SMARTS) is 1. The average Bonchev–Trinajstić information content (AvgIpc) is 3.76. The highest BCUT2D eigenvalue weighted by atomic mass is 16.5. The number of hydrogen-bond acceptors (Lipinski definition) is 7. The van der Waals surface area contributed by atoms with Crippen molar-refractivity contribution in [3.63, 3.8) is 0 Å². The van der Waals surface area contributed by atoms with Gasteiger partial charge in [-0.3, -0.25) is 4.79 Å². The maximum absolute atomic E-state index is 13.5. The third-order valence-electron chi connectivity index (χ3n) is 17.0. The van der Waals surface area contributed by atoms with Gasteiger partial charge in [0.05, 0.1) is 50.4 Å². The quantitative estimate of drug-likeness (QED) is 0.234. The van der Waals surface area contributed by atoms with Crippen LogP contribution in [0.3, 0.4) is 0 Å². The maximum Gasteiger partial charge on any atom is 0.307 e. The van der Waals surface area contributed by atoms with Crippen molar-refractivity contribution in [2.45, 2.75) is 132 Å². The van der Waals surface area contributed by atoms with E-state index in [0.29, 0.717) is 37.6 Å². The highest BCUT2D eigenvalue weighted by Gasteiger charge is 2.72. The van der Waals surface area contributed by atoms with Crippen molar-refractivity contribution in [3.05, 3.63) is 30.5 Å². The number of ether oxygens (including phenoxy) is 2. The molecule has 0 aromatic carbocycles. The van der Waals surface area contributed by atoms with Gasteiger partial charge in [0.25, 0.3) is 0 Å². The number of H-pyrrole nitrogens is 1. The van der Waals surface area contributed by atoms with Crippen LogP contribution in [0, 0.1) is 62.1 Å². The number of carbonyl (C=O) groups is 1. The largest absolute Gasteiger partial charge is 0.481 e. The SMILES string of the molecule is CC(C)[C@@H](C)[C@@]1(C)CC[C@]2(C)[C@H]3CC[C@@H]4[C@@]5(COC[C@@]4(C)[C@@H](OC[C@](C)(N)C(C)(C)C)[C@H](n4ncnc4-c4cnc[nH]4)C5)C3=CC[C@@]2(C)[C@@H]1C(=O)O. The van der Waals surface area contributed by atoms with Gasteiger partial charge < -0.3 is 25.3 Å². The number of hydrogen-bond donors (Lipinski definition) is 3. The molecule has 2 aromatic heterocycles. The molecule has 1 aliphatic heterocycles. The summed E-state index contributed by atoms with van der Waals surface area (Å²) in [6.07, 6.45) is 13.1. The number of aromatic amines is 1. The molecule has 4 N–H and O–H groups in total. The van der Waals surface area contributed by atoms with Crippen LogP contribution in [-0.4, -0.2) is 67.3 Å². The zero-order valence-electron chi connectivity index (χ0n) is 33.8. The van der Waals surface area contributed by atoms with E-state index in [0.717, 1.165) is 50.0 Å². The number of fused-ring (bicyclic) bond motifs is 3. The van der Waals surface area contributed by atoms with E-state index in [1.165, 1.54) is 5.57 Å². The van der Waals surface area contributed by atoms with Crippen LogP contribution in [0.1, 0.15) is 121 Å². The molecule has 4 aliphatic carbocycles. The molecule has 1 saturated heterocycles. The molecule has 288 valence electrons. The number of nitrogens with one attached hydrogen (secondary N) is 1. The summed E-state index contributed by atoms with van der Waals surface area (Å²) >= 11 is 0. The number of nitrogens with zero attached hydrogens (tertiary/aromatic N) is 4. The number of aliphatic carboxylic acids is 1. The second-order valence-corrected chi connectivity index (χ2v) is 20.5. The third kappa shape index (κ3) is 5.11. The normalized spacial score (nSPS) is 42.0. The monoisotopic (exact) mass is 719 g/mol. The summed E-state index contributed by atoms with van der Waals surface area (Å²) in [7, 11) is 0. The molecule has 52 heavy (non-hydrogen) atoms. The van der Waals surface area contributed by atoms with Crippen LogP contribution in [0.25, 0.3) is 11.5 Å². The smallest absolute Gasteiger partial charge is 0.307 e. The number of rotatable bonds is 8. The molecule has 2 bridgehead atoms. The summed E-state index contributed by atoms with van der Waals surface area (Å²) in [6, 6.07) is -0.129. The molecule has 0 unspecified atom stereocenters. The van der Waals surface area contributed by atoms with Crippen LogP contribution in [0.4, 0.5) is 0 Å². The van der Waals surface area contributed by atoms with Crippen LogP contribution in [0.5, 0.6) is 0 Å². The van der Waals surface area contributed by atoms with E-state index in [1.807, 2.05) is 0 Å². The van der Waals surface area contributed by atoms with Gasteiger partial charge in [-0.2, -0.15) is 5.10 Å². The van der Waals surface area contributed by atoms with E-state index < -0.39 is 17.4 Å². The Bertz CT molecular complexity index is 1690. The van der Waals surface area contributed by atoms with Crippen molar-refractivity contribution in [3.8, 4) is 11.5 Å². The summed E-state index contributed by atoms with van der Waals surface area (Å²) in [6.45, 7) is 26.5. The second-order valence-electron chi connectivity index (χ2n) is 20.5. The van der Waals surface area contributed by atoms with Gasteiger partial charge >= 0.3 is 5.97 Å². The van der Waals surface area contributed by atoms with Gasteiger partial charge in [0.15, 0.2) is 5.82 Å². The highest BCUT2D eigenvalue weighted by molar-refractivity contribution is 5.73. The van der Waals surface area contributed by atoms with Crippen LogP contribution in [0.2, 0.25) is 0 Å². The zero-order valence-corrected chi connectivity index (χ0v) is 33.8. The van der Waals surface area contributed by atoms with Crippen molar-refractivity contribution < 1.29 is 19.4 Å².